The Hall–Kier alpha value is -2.38. The quantitative estimate of drug-likeness (QED) is 0.813. The number of amides is 1. The topological polar surface area (TPSA) is 69.7 Å². The van der Waals surface area contributed by atoms with E-state index >= 15 is 0 Å². The van der Waals surface area contributed by atoms with Gasteiger partial charge >= 0.3 is 0 Å². The number of sulfonamides is 1. The van der Waals surface area contributed by atoms with E-state index < -0.39 is 10.0 Å². The summed E-state index contributed by atoms with van der Waals surface area (Å²) in [6.07, 6.45) is 0. The van der Waals surface area contributed by atoms with Crippen molar-refractivity contribution < 1.29 is 13.2 Å². The number of hydrogen-bond donors (Lipinski definition) is 1. The van der Waals surface area contributed by atoms with Crippen molar-refractivity contribution in [2.24, 2.45) is 0 Å². The Kier molecular flexibility index (Phi) is 5.58. The van der Waals surface area contributed by atoms with Crippen LogP contribution in [-0.2, 0) is 10.0 Å². The number of rotatable bonds is 6. The van der Waals surface area contributed by atoms with Gasteiger partial charge in [-0.05, 0) is 37.3 Å². The number of anilines is 1. The maximum Gasteiger partial charge on any atom is 0.265 e. The Bertz CT molecular complexity index is 805. The van der Waals surface area contributed by atoms with Crippen LogP contribution in [0.2, 0.25) is 0 Å². The predicted molar refractivity (Wildman–Crippen MR) is 94.2 cm³/mol. The monoisotopic (exact) mass is 347 g/mol. The molecule has 24 heavy (non-hydrogen) atoms. The average molecular weight is 347 g/mol. The molecule has 0 aromatic heterocycles. The van der Waals surface area contributed by atoms with Crippen molar-refractivity contribution in [1.82, 2.24) is 10.4 Å². The molecule has 0 fully saturated rings. The van der Waals surface area contributed by atoms with Gasteiger partial charge in [0.25, 0.3) is 15.9 Å². The summed E-state index contributed by atoms with van der Waals surface area (Å²) >= 11 is 0. The minimum Gasteiger partial charge on any atom is -0.285 e. The van der Waals surface area contributed by atoms with Gasteiger partial charge in [0.05, 0.1) is 10.6 Å². The molecular formula is C17H21N3O3S. The summed E-state index contributed by atoms with van der Waals surface area (Å²) in [6, 6.07) is 14.9. The number of nitrogens with one attached hydrogen (secondary N) is 1. The standard InChI is InChI=1S/C17H21N3O3S/c1-4-20(15-10-6-5-7-11-15)24(22,23)16-12-8-9-14(13-16)17(21)18-19(2)3/h5-13H,4H2,1-3H3,(H,18,21). The molecule has 7 heteroatoms. The van der Waals surface area contributed by atoms with Crippen LogP contribution < -0.4 is 9.73 Å². The van der Waals surface area contributed by atoms with Crippen molar-refractivity contribution in [3.63, 3.8) is 0 Å². The van der Waals surface area contributed by atoms with Crippen molar-refractivity contribution in [3.8, 4) is 0 Å². The lowest BCUT2D eigenvalue weighted by Gasteiger charge is -2.23. The molecular weight excluding hydrogens is 326 g/mol. The molecule has 2 aromatic rings. The lowest BCUT2D eigenvalue weighted by Crippen LogP contribution is -2.36. The van der Waals surface area contributed by atoms with E-state index in [2.05, 4.69) is 5.43 Å². The first-order chi connectivity index (χ1) is 11.4. The predicted octanol–water partition coefficient (Wildman–Crippen LogP) is 2.11. The zero-order valence-electron chi connectivity index (χ0n) is 13.9. The van der Waals surface area contributed by atoms with Gasteiger partial charge in [0.2, 0.25) is 0 Å². The molecule has 1 amide bonds. The number of carbonyl (C=O) groups is 1. The second kappa shape index (κ2) is 7.46. The lowest BCUT2D eigenvalue weighted by molar-refractivity contribution is 0.0856. The zero-order valence-corrected chi connectivity index (χ0v) is 14.7. The summed E-state index contributed by atoms with van der Waals surface area (Å²) in [5.74, 6) is -0.361. The molecule has 0 unspecified atom stereocenters. The minimum atomic E-state index is -3.75. The number of para-hydroxylation sites is 1. The molecule has 128 valence electrons. The molecule has 0 spiro atoms. The van der Waals surface area contributed by atoms with Crippen LogP contribution in [0.4, 0.5) is 5.69 Å². The Labute approximate surface area is 142 Å². The number of nitrogens with zero attached hydrogens (tertiary/aromatic N) is 2. The van der Waals surface area contributed by atoms with E-state index in [0.29, 0.717) is 12.2 Å². The average Bonchev–Trinajstić information content (AvgIpc) is 2.56. The second-order valence-electron chi connectivity index (χ2n) is 5.37. The van der Waals surface area contributed by atoms with E-state index in [1.807, 2.05) is 6.07 Å². The van der Waals surface area contributed by atoms with E-state index in [1.54, 1.807) is 57.4 Å². The van der Waals surface area contributed by atoms with Crippen LogP contribution in [0.15, 0.2) is 59.5 Å². The molecule has 0 saturated carbocycles. The lowest BCUT2D eigenvalue weighted by atomic mass is 10.2. The first-order valence-corrected chi connectivity index (χ1v) is 8.96. The van der Waals surface area contributed by atoms with Crippen molar-refractivity contribution >= 4 is 21.6 Å². The molecule has 0 aliphatic carbocycles. The van der Waals surface area contributed by atoms with Crippen molar-refractivity contribution in [2.75, 3.05) is 24.9 Å². The molecule has 6 nitrogen and oxygen atoms in total. The summed E-state index contributed by atoms with van der Waals surface area (Å²) in [4.78, 5) is 12.2. The van der Waals surface area contributed by atoms with E-state index in [1.165, 1.54) is 21.4 Å². The van der Waals surface area contributed by atoms with E-state index in [9.17, 15) is 13.2 Å². The minimum absolute atomic E-state index is 0.0830. The molecule has 0 atom stereocenters. The van der Waals surface area contributed by atoms with Crippen molar-refractivity contribution in [2.45, 2.75) is 11.8 Å². The molecule has 0 heterocycles. The van der Waals surface area contributed by atoms with Crippen molar-refractivity contribution in [3.05, 3.63) is 60.2 Å². The summed E-state index contributed by atoms with van der Waals surface area (Å²) in [6.45, 7) is 2.06. The fourth-order valence-corrected chi connectivity index (χ4v) is 3.80. The van der Waals surface area contributed by atoms with Crippen LogP contribution in [0.1, 0.15) is 17.3 Å². The van der Waals surface area contributed by atoms with Gasteiger partial charge in [-0.2, -0.15) is 0 Å². The maximum absolute atomic E-state index is 12.9. The third-order valence-electron chi connectivity index (χ3n) is 3.34. The number of benzene rings is 2. The Morgan fingerprint density at radius 3 is 2.29 bits per heavy atom. The maximum atomic E-state index is 12.9. The van der Waals surface area contributed by atoms with Gasteiger partial charge in [-0.1, -0.05) is 24.3 Å². The van der Waals surface area contributed by atoms with Gasteiger partial charge in [-0.15, -0.1) is 0 Å². The highest BCUT2D eigenvalue weighted by molar-refractivity contribution is 7.92. The van der Waals surface area contributed by atoms with Crippen LogP contribution in [0.3, 0.4) is 0 Å². The highest BCUT2D eigenvalue weighted by Crippen LogP contribution is 2.23. The van der Waals surface area contributed by atoms with Gasteiger partial charge in [0.15, 0.2) is 0 Å². The van der Waals surface area contributed by atoms with Gasteiger partial charge in [0.1, 0.15) is 0 Å². The van der Waals surface area contributed by atoms with E-state index in [0.717, 1.165) is 0 Å². The van der Waals surface area contributed by atoms with Crippen LogP contribution in [0.5, 0.6) is 0 Å². The summed E-state index contributed by atoms with van der Waals surface area (Å²) in [7, 11) is -0.375. The SMILES string of the molecule is CCN(c1ccccc1)S(=O)(=O)c1cccc(C(=O)NN(C)C)c1. The Balaban J connectivity index is 2.40. The summed E-state index contributed by atoms with van der Waals surface area (Å²) < 4.78 is 27.2. The number of carbonyl (C=O) groups excluding carboxylic acids is 1. The molecule has 0 radical (unpaired) electrons. The molecule has 0 bridgehead atoms. The number of hydrogen-bond acceptors (Lipinski definition) is 4. The first kappa shape index (κ1) is 18.0. The Morgan fingerprint density at radius 1 is 1.04 bits per heavy atom. The van der Waals surface area contributed by atoms with E-state index in [-0.39, 0.29) is 16.4 Å². The molecule has 0 saturated heterocycles. The highest BCUT2D eigenvalue weighted by Gasteiger charge is 2.24. The third-order valence-corrected chi connectivity index (χ3v) is 5.24. The second-order valence-corrected chi connectivity index (χ2v) is 7.23. The fourth-order valence-electron chi connectivity index (χ4n) is 2.28. The summed E-state index contributed by atoms with van der Waals surface area (Å²) in [5, 5.41) is 1.51. The van der Waals surface area contributed by atoms with Gasteiger partial charge in [0, 0.05) is 26.2 Å². The smallest absolute Gasteiger partial charge is 0.265 e. The number of hydrazine groups is 1. The van der Waals surface area contributed by atoms with Crippen LogP contribution in [0.25, 0.3) is 0 Å². The van der Waals surface area contributed by atoms with Crippen molar-refractivity contribution in [1.29, 1.82) is 0 Å². The Morgan fingerprint density at radius 2 is 1.71 bits per heavy atom. The molecule has 0 aliphatic heterocycles. The molecule has 1 N–H and O–H groups in total. The van der Waals surface area contributed by atoms with E-state index in [4.69, 9.17) is 0 Å². The van der Waals surface area contributed by atoms with Gasteiger partial charge in [-0.25, -0.2) is 13.4 Å². The summed E-state index contributed by atoms with van der Waals surface area (Å²) in [5.41, 5.74) is 3.47. The zero-order chi connectivity index (χ0) is 17.7. The van der Waals surface area contributed by atoms with Gasteiger partial charge in [-0.3, -0.25) is 14.5 Å². The van der Waals surface area contributed by atoms with Crippen LogP contribution in [-0.4, -0.2) is 40.0 Å². The van der Waals surface area contributed by atoms with Crippen LogP contribution in [0, 0.1) is 0 Å². The van der Waals surface area contributed by atoms with Gasteiger partial charge < -0.3 is 0 Å². The fraction of sp³-hybridized carbons (Fsp3) is 0.235. The molecule has 0 aliphatic rings. The highest BCUT2D eigenvalue weighted by atomic mass is 32.2. The molecule has 2 rings (SSSR count). The molecule has 2 aromatic carbocycles. The van der Waals surface area contributed by atoms with Crippen LogP contribution >= 0.6 is 0 Å². The third kappa shape index (κ3) is 3.93. The first-order valence-electron chi connectivity index (χ1n) is 7.52. The normalized spacial score (nSPS) is 11.3. The largest absolute Gasteiger partial charge is 0.285 e.